The Kier molecular flexibility index (Phi) is 7.26. The van der Waals surface area contributed by atoms with Crippen LogP contribution in [0.1, 0.15) is 41.6 Å². The van der Waals surface area contributed by atoms with Crippen LogP contribution >= 0.6 is 0 Å². The SMILES string of the molecule is CCOc1ccc(C(=O)Nc2cn(CC)nc2C(=O)Nc2ccccc2)cc1OCC. The molecular weight excluding hydrogens is 396 g/mol. The van der Waals surface area contributed by atoms with Crippen LogP contribution in [0.2, 0.25) is 0 Å². The summed E-state index contributed by atoms with van der Waals surface area (Å²) in [6.07, 6.45) is 1.63. The van der Waals surface area contributed by atoms with Crippen molar-refractivity contribution in [1.82, 2.24) is 9.78 Å². The van der Waals surface area contributed by atoms with Gasteiger partial charge in [-0.1, -0.05) is 18.2 Å². The van der Waals surface area contributed by atoms with Crippen molar-refractivity contribution in [3.05, 3.63) is 66.0 Å². The van der Waals surface area contributed by atoms with E-state index < -0.39 is 5.91 Å². The van der Waals surface area contributed by atoms with Crippen LogP contribution in [0.25, 0.3) is 0 Å². The van der Waals surface area contributed by atoms with Gasteiger partial charge in [-0.25, -0.2) is 0 Å². The fourth-order valence-electron chi connectivity index (χ4n) is 2.94. The number of nitrogens with zero attached hydrogens (tertiary/aromatic N) is 2. The summed E-state index contributed by atoms with van der Waals surface area (Å²) >= 11 is 0. The number of carbonyl (C=O) groups excluding carboxylic acids is 2. The Balaban J connectivity index is 1.83. The molecule has 162 valence electrons. The number of nitrogens with one attached hydrogen (secondary N) is 2. The first-order chi connectivity index (χ1) is 15.0. The highest BCUT2D eigenvalue weighted by atomic mass is 16.5. The highest BCUT2D eigenvalue weighted by molar-refractivity contribution is 6.11. The maximum Gasteiger partial charge on any atom is 0.278 e. The predicted octanol–water partition coefficient (Wildman–Crippen LogP) is 4.21. The van der Waals surface area contributed by atoms with Crippen molar-refractivity contribution in [2.45, 2.75) is 27.3 Å². The van der Waals surface area contributed by atoms with Gasteiger partial charge >= 0.3 is 0 Å². The van der Waals surface area contributed by atoms with E-state index in [1.54, 1.807) is 41.2 Å². The molecule has 8 nitrogen and oxygen atoms in total. The van der Waals surface area contributed by atoms with Gasteiger partial charge in [0.05, 0.1) is 18.9 Å². The van der Waals surface area contributed by atoms with Crippen molar-refractivity contribution in [2.75, 3.05) is 23.8 Å². The zero-order chi connectivity index (χ0) is 22.2. The molecule has 2 amide bonds. The Hall–Kier alpha value is -3.81. The zero-order valence-corrected chi connectivity index (χ0v) is 17.8. The first-order valence-electron chi connectivity index (χ1n) is 10.2. The van der Waals surface area contributed by atoms with Gasteiger partial charge in [0.2, 0.25) is 0 Å². The number of hydrogen-bond acceptors (Lipinski definition) is 5. The molecule has 1 heterocycles. The summed E-state index contributed by atoms with van der Waals surface area (Å²) in [5.41, 5.74) is 1.48. The molecule has 31 heavy (non-hydrogen) atoms. The summed E-state index contributed by atoms with van der Waals surface area (Å²) in [6, 6.07) is 14.0. The number of rotatable bonds is 9. The molecule has 2 N–H and O–H groups in total. The lowest BCUT2D eigenvalue weighted by molar-refractivity contribution is 0.102. The van der Waals surface area contributed by atoms with E-state index in [9.17, 15) is 9.59 Å². The minimum Gasteiger partial charge on any atom is -0.490 e. The quantitative estimate of drug-likeness (QED) is 0.539. The molecular formula is C23H26N4O4. The maximum atomic E-state index is 12.9. The lowest BCUT2D eigenvalue weighted by Gasteiger charge is -2.12. The van der Waals surface area contributed by atoms with Crippen molar-refractivity contribution in [1.29, 1.82) is 0 Å². The number of carbonyl (C=O) groups is 2. The summed E-state index contributed by atoms with van der Waals surface area (Å²) in [5.74, 6) is 0.273. The molecule has 0 fully saturated rings. The van der Waals surface area contributed by atoms with Gasteiger partial charge in [0.25, 0.3) is 11.8 Å². The molecule has 0 saturated carbocycles. The maximum absolute atomic E-state index is 12.9. The van der Waals surface area contributed by atoms with Crippen LogP contribution in [-0.4, -0.2) is 34.8 Å². The molecule has 0 unspecified atom stereocenters. The lowest BCUT2D eigenvalue weighted by atomic mass is 10.2. The Morgan fingerprint density at radius 2 is 1.61 bits per heavy atom. The van der Waals surface area contributed by atoms with Gasteiger partial charge in [-0.2, -0.15) is 5.10 Å². The number of benzene rings is 2. The minimum absolute atomic E-state index is 0.134. The fourth-order valence-corrected chi connectivity index (χ4v) is 2.94. The molecule has 0 bridgehead atoms. The molecule has 0 atom stereocenters. The van der Waals surface area contributed by atoms with Crippen LogP contribution in [0.3, 0.4) is 0 Å². The van der Waals surface area contributed by atoms with Gasteiger partial charge in [0.1, 0.15) is 0 Å². The van der Waals surface area contributed by atoms with Crippen LogP contribution in [0.15, 0.2) is 54.7 Å². The number of anilines is 2. The van der Waals surface area contributed by atoms with E-state index >= 15 is 0 Å². The number of para-hydroxylation sites is 1. The van der Waals surface area contributed by atoms with Crippen molar-refractivity contribution in [3.63, 3.8) is 0 Å². The molecule has 0 spiro atoms. The van der Waals surface area contributed by atoms with E-state index in [1.165, 1.54) is 0 Å². The zero-order valence-electron chi connectivity index (χ0n) is 17.8. The third kappa shape index (κ3) is 5.42. The fraction of sp³-hybridized carbons (Fsp3) is 0.261. The highest BCUT2D eigenvalue weighted by Crippen LogP contribution is 2.29. The number of hydrogen-bond donors (Lipinski definition) is 2. The topological polar surface area (TPSA) is 94.5 Å². The van der Waals surface area contributed by atoms with Gasteiger partial charge in [-0.3, -0.25) is 14.3 Å². The standard InChI is InChI=1S/C23H26N4O4/c1-4-27-15-18(21(26-27)23(29)24-17-10-8-7-9-11-17)25-22(28)16-12-13-19(30-5-2)20(14-16)31-6-3/h7-15H,4-6H2,1-3H3,(H,24,29)(H,25,28). The molecule has 3 aromatic rings. The Morgan fingerprint density at radius 1 is 0.903 bits per heavy atom. The summed E-state index contributed by atoms with van der Waals surface area (Å²) in [7, 11) is 0. The molecule has 0 aliphatic rings. The normalized spacial score (nSPS) is 10.4. The third-order valence-corrected chi connectivity index (χ3v) is 4.39. The first kappa shape index (κ1) is 21.9. The number of aromatic nitrogens is 2. The predicted molar refractivity (Wildman–Crippen MR) is 119 cm³/mol. The summed E-state index contributed by atoms with van der Waals surface area (Å²) in [6.45, 7) is 7.13. The van der Waals surface area contributed by atoms with Crippen molar-refractivity contribution in [2.24, 2.45) is 0 Å². The second kappa shape index (κ2) is 10.3. The molecule has 0 saturated heterocycles. The van der Waals surface area contributed by atoms with Crippen LogP contribution in [0, 0.1) is 0 Å². The smallest absolute Gasteiger partial charge is 0.278 e. The average Bonchev–Trinajstić information content (AvgIpc) is 3.19. The Bertz CT molecular complexity index is 1050. The van der Waals surface area contributed by atoms with E-state index in [0.717, 1.165) is 0 Å². The average molecular weight is 422 g/mol. The Morgan fingerprint density at radius 3 is 2.29 bits per heavy atom. The van der Waals surface area contributed by atoms with Crippen LogP contribution in [0.4, 0.5) is 11.4 Å². The van der Waals surface area contributed by atoms with Gasteiger partial charge in [-0.15, -0.1) is 0 Å². The van der Waals surface area contributed by atoms with E-state index in [-0.39, 0.29) is 11.6 Å². The number of amides is 2. The third-order valence-electron chi connectivity index (χ3n) is 4.39. The first-order valence-corrected chi connectivity index (χ1v) is 10.2. The second-order valence-electron chi connectivity index (χ2n) is 6.55. The van der Waals surface area contributed by atoms with Gasteiger partial charge in [0.15, 0.2) is 17.2 Å². The van der Waals surface area contributed by atoms with Gasteiger partial charge in [-0.05, 0) is 51.1 Å². The van der Waals surface area contributed by atoms with Crippen molar-refractivity contribution >= 4 is 23.2 Å². The van der Waals surface area contributed by atoms with E-state index in [0.29, 0.717) is 48.2 Å². The van der Waals surface area contributed by atoms with Crippen LogP contribution in [-0.2, 0) is 6.54 Å². The highest BCUT2D eigenvalue weighted by Gasteiger charge is 2.20. The summed E-state index contributed by atoms with van der Waals surface area (Å²) in [4.78, 5) is 25.7. The van der Waals surface area contributed by atoms with E-state index in [4.69, 9.17) is 9.47 Å². The van der Waals surface area contributed by atoms with Crippen LogP contribution in [0.5, 0.6) is 11.5 Å². The van der Waals surface area contributed by atoms with Gasteiger partial charge in [0, 0.05) is 24.0 Å². The lowest BCUT2D eigenvalue weighted by Crippen LogP contribution is -2.18. The summed E-state index contributed by atoms with van der Waals surface area (Å²) < 4.78 is 12.7. The van der Waals surface area contributed by atoms with Gasteiger partial charge < -0.3 is 20.1 Å². The van der Waals surface area contributed by atoms with E-state index in [2.05, 4.69) is 15.7 Å². The molecule has 0 aliphatic heterocycles. The molecule has 0 aliphatic carbocycles. The van der Waals surface area contributed by atoms with Crippen molar-refractivity contribution < 1.29 is 19.1 Å². The summed E-state index contributed by atoms with van der Waals surface area (Å²) in [5, 5.41) is 9.89. The molecule has 1 aromatic heterocycles. The number of aryl methyl sites for hydroxylation is 1. The molecule has 8 heteroatoms. The molecule has 3 rings (SSSR count). The number of ether oxygens (including phenoxy) is 2. The minimum atomic E-state index is -0.407. The second-order valence-corrected chi connectivity index (χ2v) is 6.55. The largest absolute Gasteiger partial charge is 0.490 e. The molecule has 0 radical (unpaired) electrons. The van der Waals surface area contributed by atoms with Crippen molar-refractivity contribution in [3.8, 4) is 11.5 Å². The van der Waals surface area contributed by atoms with E-state index in [1.807, 2.05) is 39.0 Å². The molecule has 2 aromatic carbocycles. The Labute approximate surface area is 181 Å². The van der Waals surface area contributed by atoms with Crippen LogP contribution < -0.4 is 20.1 Å². The monoisotopic (exact) mass is 422 g/mol.